The highest BCUT2D eigenvalue weighted by Crippen LogP contribution is 2.20. The lowest BCUT2D eigenvalue weighted by atomic mass is 9.95. The van der Waals surface area contributed by atoms with E-state index < -0.39 is 0 Å². The zero-order chi connectivity index (χ0) is 13.1. The molecule has 0 radical (unpaired) electrons. The van der Waals surface area contributed by atoms with Gasteiger partial charge in [0.1, 0.15) is 0 Å². The third-order valence-corrected chi connectivity index (χ3v) is 4.81. The summed E-state index contributed by atoms with van der Waals surface area (Å²) in [5.41, 5.74) is 3.04. The van der Waals surface area contributed by atoms with Crippen molar-refractivity contribution in [3.05, 3.63) is 35.4 Å². The molecule has 2 aliphatic rings. The lowest BCUT2D eigenvalue weighted by molar-refractivity contribution is 0.186. The summed E-state index contributed by atoms with van der Waals surface area (Å²) in [6.07, 6.45) is 6.79. The zero-order valence-electron chi connectivity index (χ0n) is 12.1. The molecule has 19 heavy (non-hydrogen) atoms. The summed E-state index contributed by atoms with van der Waals surface area (Å²) in [6.45, 7) is 5.96. The van der Waals surface area contributed by atoms with E-state index in [2.05, 4.69) is 41.4 Å². The molecule has 2 heteroatoms. The van der Waals surface area contributed by atoms with E-state index in [4.69, 9.17) is 0 Å². The molecule has 0 aromatic heterocycles. The lowest BCUT2D eigenvalue weighted by Crippen LogP contribution is -2.47. The maximum absolute atomic E-state index is 3.72. The maximum atomic E-state index is 3.72. The molecule has 0 bridgehead atoms. The van der Waals surface area contributed by atoms with Gasteiger partial charge in [0, 0.05) is 25.2 Å². The molecular formula is C17H26N2. The van der Waals surface area contributed by atoms with E-state index in [9.17, 15) is 0 Å². The largest absolute Gasteiger partial charge is 0.308 e. The standard InChI is InChI=1S/C17H26N2/c1-14-7-3-2-6-10-19(14)13-17-11-15-8-4-5-9-16(15)12-18-17/h4-5,8-9,14,17-18H,2-3,6-7,10-13H2,1H3. The third-order valence-electron chi connectivity index (χ3n) is 4.81. The molecule has 1 N–H and O–H groups in total. The first-order valence-electron chi connectivity index (χ1n) is 7.87. The van der Waals surface area contributed by atoms with Crippen LogP contribution in [0.1, 0.15) is 43.7 Å². The lowest BCUT2D eigenvalue weighted by Gasteiger charge is -2.34. The van der Waals surface area contributed by atoms with Gasteiger partial charge in [0.25, 0.3) is 0 Å². The monoisotopic (exact) mass is 258 g/mol. The van der Waals surface area contributed by atoms with Crippen LogP contribution in [-0.4, -0.2) is 30.1 Å². The SMILES string of the molecule is CC1CCCCCN1CC1Cc2ccccc2CN1. The summed E-state index contributed by atoms with van der Waals surface area (Å²) in [5, 5.41) is 3.72. The van der Waals surface area contributed by atoms with Gasteiger partial charge in [-0.1, -0.05) is 37.1 Å². The van der Waals surface area contributed by atoms with Crippen LogP contribution >= 0.6 is 0 Å². The van der Waals surface area contributed by atoms with Crippen LogP contribution in [0.3, 0.4) is 0 Å². The van der Waals surface area contributed by atoms with Crippen molar-refractivity contribution in [1.82, 2.24) is 10.2 Å². The predicted octanol–water partition coefficient (Wildman–Crippen LogP) is 2.97. The van der Waals surface area contributed by atoms with E-state index in [1.165, 1.54) is 50.8 Å². The van der Waals surface area contributed by atoms with Crippen molar-refractivity contribution in [2.24, 2.45) is 0 Å². The van der Waals surface area contributed by atoms with Crippen molar-refractivity contribution in [3.63, 3.8) is 0 Å². The van der Waals surface area contributed by atoms with E-state index in [1.807, 2.05) is 0 Å². The predicted molar refractivity (Wildman–Crippen MR) is 80.3 cm³/mol. The Morgan fingerprint density at radius 2 is 2.00 bits per heavy atom. The molecule has 1 aromatic carbocycles. The summed E-state index contributed by atoms with van der Waals surface area (Å²) in [7, 11) is 0. The number of likely N-dealkylation sites (tertiary alicyclic amines) is 1. The van der Waals surface area contributed by atoms with Crippen LogP contribution in [0, 0.1) is 0 Å². The molecule has 0 saturated carbocycles. The molecule has 1 aromatic rings. The van der Waals surface area contributed by atoms with Crippen molar-refractivity contribution < 1.29 is 0 Å². The molecule has 3 rings (SSSR count). The second-order valence-corrected chi connectivity index (χ2v) is 6.24. The third kappa shape index (κ3) is 3.18. The highest BCUT2D eigenvalue weighted by Gasteiger charge is 2.23. The maximum Gasteiger partial charge on any atom is 0.0238 e. The first-order valence-corrected chi connectivity index (χ1v) is 7.87. The zero-order valence-corrected chi connectivity index (χ0v) is 12.1. The van der Waals surface area contributed by atoms with E-state index in [1.54, 1.807) is 5.56 Å². The number of fused-ring (bicyclic) bond motifs is 1. The van der Waals surface area contributed by atoms with Crippen molar-refractivity contribution in [3.8, 4) is 0 Å². The first kappa shape index (κ1) is 13.1. The van der Waals surface area contributed by atoms with Crippen molar-refractivity contribution in [1.29, 1.82) is 0 Å². The molecule has 1 saturated heterocycles. The van der Waals surface area contributed by atoms with Crippen LogP contribution in [0.15, 0.2) is 24.3 Å². The van der Waals surface area contributed by atoms with Gasteiger partial charge in [-0.15, -0.1) is 0 Å². The summed E-state index contributed by atoms with van der Waals surface area (Å²) in [4.78, 5) is 2.71. The molecule has 2 aliphatic heterocycles. The van der Waals surface area contributed by atoms with Gasteiger partial charge < -0.3 is 5.32 Å². The van der Waals surface area contributed by atoms with E-state index in [0.717, 1.165) is 12.6 Å². The Balaban J connectivity index is 1.62. The van der Waals surface area contributed by atoms with Gasteiger partial charge in [0.2, 0.25) is 0 Å². The van der Waals surface area contributed by atoms with Crippen LogP contribution in [0.5, 0.6) is 0 Å². The van der Waals surface area contributed by atoms with Crippen LogP contribution in [0.2, 0.25) is 0 Å². The Hall–Kier alpha value is -0.860. The Morgan fingerprint density at radius 1 is 1.16 bits per heavy atom. The normalized spacial score (nSPS) is 28.7. The van der Waals surface area contributed by atoms with Crippen molar-refractivity contribution in [2.45, 2.75) is 57.7 Å². The molecule has 0 aliphatic carbocycles. The fraction of sp³-hybridized carbons (Fsp3) is 0.647. The molecule has 0 amide bonds. The average molecular weight is 258 g/mol. The second-order valence-electron chi connectivity index (χ2n) is 6.24. The molecule has 2 atom stereocenters. The van der Waals surface area contributed by atoms with E-state index in [-0.39, 0.29) is 0 Å². The topological polar surface area (TPSA) is 15.3 Å². The van der Waals surface area contributed by atoms with Gasteiger partial charge >= 0.3 is 0 Å². The van der Waals surface area contributed by atoms with Crippen molar-refractivity contribution in [2.75, 3.05) is 13.1 Å². The van der Waals surface area contributed by atoms with Crippen LogP contribution in [0.25, 0.3) is 0 Å². The molecular weight excluding hydrogens is 232 g/mol. The first-order chi connectivity index (χ1) is 9.33. The Kier molecular flexibility index (Phi) is 4.19. The Labute approximate surface area is 117 Å². The minimum atomic E-state index is 0.635. The summed E-state index contributed by atoms with van der Waals surface area (Å²) in [5.74, 6) is 0. The van der Waals surface area contributed by atoms with Gasteiger partial charge in [-0.2, -0.15) is 0 Å². The molecule has 2 nitrogen and oxygen atoms in total. The van der Waals surface area contributed by atoms with Gasteiger partial charge in [0.15, 0.2) is 0 Å². The van der Waals surface area contributed by atoms with Crippen LogP contribution < -0.4 is 5.32 Å². The molecule has 104 valence electrons. The van der Waals surface area contributed by atoms with Crippen LogP contribution in [0.4, 0.5) is 0 Å². The minimum Gasteiger partial charge on any atom is -0.308 e. The fourth-order valence-electron chi connectivity index (χ4n) is 3.54. The van der Waals surface area contributed by atoms with Gasteiger partial charge in [-0.3, -0.25) is 4.90 Å². The Bertz CT molecular complexity index is 415. The molecule has 0 spiro atoms. The summed E-state index contributed by atoms with van der Waals surface area (Å²) in [6, 6.07) is 10.3. The number of hydrogen-bond donors (Lipinski definition) is 1. The molecule has 2 unspecified atom stereocenters. The summed E-state index contributed by atoms with van der Waals surface area (Å²) < 4.78 is 0. The van der Waals surface area contributed by atoms with E-state index in [0.29, 0.717) is 6.04 Å². The number of benzene rings is 1. The minimum absolute atomic E-state index is 0.635. The van der Waals surface area contributed by atoms with Crippen LogP contribution in [-0.2, 0) is 13.0 Å². The van der Waals surface area contributed by atoms with Gasteiger partial charge in [0.05, 0.1) is 0 Å². The van der Waals surface area contributed by atoms with E-state index >= 15 is 0 Å². The fourth-order valence-corrected chi connectivity index (χ4v) is 3.54. The van der Waals surface area contributed by atoms with Gasteiger partial charge in [-0.25, -0.2) is 0 Å². The highest BCUT2D eigenvalue weighted by atomic mass is 15.2. The highest BCUT2D eigenvalue weighted by molar-refractivity contribution is 5.29. The number of nitrogens with one attached hydrogen (secondary N) is 1. The summed E-state index contributed by atoms with van der Waals surface area (Å²) >= 11 is 0. The average Bonchev–Trinajstić information content (AvgIpc) is 2.64. The Morgan fingerprint density at radius 3 is 2.89 bits per heavy atom. The quantitative estimate of drug-likeness (QED) is 0.877. The smallest absolute Gasteiger partial charge is 0.0238 e. The number of rotatable bonds is 2. The van der Waals surface area contributed by atoms with Crippen molar-refractivity contribution >= 4 is 0 Å². The second kappa shape index (κ2) is 6.06. The molecule has 1 fully saturated rings. The number of hydrogen-bond acceptors (Lipinski definition) is 2. The van der Waals surface area contributed by atoms with Gasteiger partial charge in [-0.05, 0) is 43.9 Å². The number of nitrogens with zero attached hydrogens (tertiary/aromatic N) is 1. The molecule has 2 heterocycles.